The molecule has 2 atom stereocenters. The van der Waals surface area contributed by atoms with Crippen molar-refractivity contribution in [2.24, 2.45) is 5.92 Å². The van der Waals surface area contributed by atoms with Crippen LogP contribution in [-0.2, 0) is 0 Å². The van der Waals surface area contributed by atoms with E-state index in [0.29, 0.717) is 11.1 Å². The van der Waals surface area contributed by atoms with Crippen LogP contribution in [0, 0.1) is 5.92 Å². The molecule has 5 heteroatoms. The van der Waals surface area contributed by atoms with Crippen molar-refractivity contribution in [1.29, 1.82) is 0 Å². The summed E-state index contributed by atoms with van der Waals surface area (Å²) in [5.41, 5.74) is 0. The fraction of sp³-hybridized carbons (Fsp3) is 0.636. The van der Waals surface area contributed by atoms with Crippen LogP contribution in [0.15, 0.2) is 12.4 Å². The molecule has 0 spiro atoms. The lowest BCUT2D eigenvalue weighted by Gasteiger charge is -2.36. The van der Waals surface area contributed by atoms with Crippen LogP contribution in [0.2, 0.25) is 5.15 Å². The maximum atomic E-state index is 9.81. The zero-order valence-electron chi connectivity index (χ0n) is 9.30. The Morgan fingerprint density at radius 1 is 1.50 bits per heavy atom. The zero-order valence-corrected chi connectivity index (χ0v) is 10.1. The summed E-state index contributed by atoms with van der Waals surface area (Å²) in [6, 6.07) is 0. The fourth-order valence-corrected chi connectivity index (χ4v) is 2.36. The van der Waals surface area contributed by atoms with Crippen LogP contribution in [0.5, 0.6) is 0 Å². The third-order valence-corrected chi connectivity index (χ3v) is 3.42. The van der Waals surface area contributed by atoms with Gasteiger partial charge in [0.05, 0.1) is 6.10 Å². The van der Waals surface area contributed by atoms with Gasteiger partial charge in [0, 0.05) is 31.4 Å². The summed E-state index contributed by atoms with van der Waals surface area (Å²) in [5, 5.41) is 10.2. The maximum absolute atomic E-state index is 9.81. The number of aliphatic hydroxyl groups excluding tert-OH is 1. The number of rotatable bonds is 2. The van der Waals surface area contributed by atoms with E-state index in [4.69, 9.17) is 11.6 Å². The highest BCUT2D eigenvalue weighted by molar-refractivity contribution is 6.31. The van der Waals surface area contributed by atoms with Crippen LogP contribution in [0.4, 0.5) is 5.82 Å². The first-order valence-electron chi connectivity index (χ1n) is 5.62. The molecule has 4 nitrogen and oxygen atoms in total. The third kappa shape index (κ3) is 2.28. The number of nitrogens with zero attached hydrogens (tertiary/aromatic N) is 3. The molecule has 0 amide bonds. The van der Waals surface area contributed by atoms with E-state index in [2.05, 4.69) is 21.8 Å². The van der Waals surface area contributed by atoms with Gasteiger partial charge in [0.15, 0.2) is 11.0 Å². The molecule has 0 radical (unpaired) electrons. The highest BCUT2D eigenvalue weighted by atomic mass is 35.5. The highest BCUT2D eigenvalue weighted by Crippen LogP contribution is 2.27. The Bertz CT molecular complexity index is 361. The number of hydrogen-bond donors (Lipinski definition) is 1. The van der Waals surface area contributed by atoms with Crippen LogP contribution in [0.3, 0.4) is 0 Å². The first-order chi connectivity index (χ1) is 7.72. The van der Waals surface area contributed by atoms with Gasteiger partial charge in [-0.05, 0) is 12.8 Å². The minimum atomic E-state index is -0.198. The van der Waals surface area contributed by atoms with E-state index in [0.717, 1.165) is 31.7 Å². The fourth-order valence-electron chi connectivity index (χ4n) is 2.14. The van der Waals surface area contributed by atoms with Crippen LogP contribution >= 0.6 is 11.6 Å². The summed E-state index contributed by atoms with van der Waals surface area (Å²) in [5.74, 6) is 1.03. The van der Waals surface area contributed by atoms with E-state index >= 15 is 0 Å². The molecule has 1 aromatic rings. The molecule has 1 aromatic heterocycles. The van der Waals surface area contributed by atoms with Gasteiger partial charge in [-0.3, -0.25) is 0 Å². The van der Waals surface area contributed by atoms with Crippen molar-refractivity contribution < 1.29 is 5.11 Å². The Morgan fingerprint density at radius 3 is 2.94 bits per heavy atom. The van der Waals surface area contributed by atoms with E-state index < -0.39 is 0 Å². The highest BCUT2D eigenvalue weighted by Gasteiger charge is 2.28. The van der Waals surface area contributed by atoms with Gasteiger partial charge in [0.2, 0.25) is 0 Å². The lowest BCUT2D eigenvalue weighted by Crippen LogP contribution is -2.43. The molecular formula is C11H16ClN3O. The molecule has 16 heavy (non-hydrogen) atoms. The van der Waals surface area contributed by atoms with E-state index in [1.165, 1.54) is 0 Å². The molecule has 0 unspecified atom stereocenters. The predicted octanol–water partition coefficient (Wildman–Crippen LogP) is 1.73. The zero-order chi connectivity index (χ0) is 11.5. The second-order valence-corrected chi connectivity index (χ2v) is 4.50. The van der Waals surface area contributed by atoms with Crippen molar-refractivity contribution in [2.75, 3.05) is 18.0 Å². The monoisotopic (exact) mass is 241 g/mol. The largest absolute Gasteiger partial charge is 0.393 e. The molecule has 0 aliphatic carbocycles. The first-order valence-corrected chi connectivity index (χ1v) is 5.99. The number of hydrogen-bond acceptors (Lipinski definition) is 4. The summed E-state index contributed by atoms with van der Waals surface area (Å²) in [4.78, 5) is 10.4. The third-order valence-electron chi connectivity index (χ3n) is 3.15. The maximum Gasteiger partial charge on any atom is 0.171 e. The lowest BCUT2D eigenvalue weighted by atomic mass is 9.92. The average molecular weight is 242 g/mol. The normalized spacial score (nSPS) is 25.8. The topological polar surface area (TPSA) is 49.2 Å². The van der Waals surface area contributed by atoms with Gasteiger partial charge in [-0.1, -0.05) is 18.5 Å². The number of piperidine rings is 1. The van der Waals surface area contributed by atoms with Gasteiger partial charge in [0.1, 0.15) is 0 Å². The Hall–Kier alpha value is -0.870. The second-order valence-electron chi connectivity index (χ2n) is 4.14. The summed E-state index contributed by atoms with van der Waals surface area (Å²) in [7, 11) is 0. The number of aromatic nitrogens is 2. The molecule has 0 bridgehead atoms. The van der Waals surface area contributed by atoms with E-state index in [1.54, 1.807) is 12.4 Å². The van der Waals surface area contributed by atoms with E-state index in [-0.39, 0.29) is 6.10 Å². The van der Waals surface area contributed by atoms with Crippen molar-refractivity contribution in [1.82, 2.24) is 9.97 Å². The smallest absolute Gasteiger partial charge is 0.171 e. The Kier molecular flexibility index (Phi) is 3.61. The SMILES string of the molecule is CC[C@@H]1CN(c2nccnc2Cl)CC[C@H]1O. The molecule has 1 aliphatic heterocycles. The first kappa shape index (κ1) is 11.6. The molecular weight excluding hydrogens is 226 g/mol. The molecule has 88 valence electrons. The van der Waals surface area contributed by atoms with Gasteiger partial charge in [-0.15, -0.1) is 0 Å². The average Bonchev–Trinajstić information content (AvgIpc) is 2.31. The second kappa shape index (κ2) is 4.97. The van der Waals surface area contributed by atoms with Gasteiger partial charge < -0.3 is 10.0 Å². The molecule has 1 saturated heterocycles. The molecule has 2 heterocycles. The minimum Gasteiger partial charge on any atom is -0.393 e. The Morgan fingerprint density at radius 2 is 2.25 bits per heavy atom. The van der Waals surface area contributed by atoms with Crippen molar-refractivity contribution in [3.05, 3.63) is 17.5 Å². The van der Waals surface area contributed by atoms with E-state index in [9.17, 15) is 5.11 Å². The van der Waals surface area contributed by atoms with Crippen molar-refractivity contribution >= 4 is 17.4 Å². The molecule has 0 aromatic carbocycles. The standard InChI is InChI=1S/C11H16ClN3O/c1-2-8-7-15(6-3-9(8)16)11-10(12)13-4-5-14-11/h4-5,8-9,16H,2-3,6-7H2,1H3/t8-,9-/m1/s1. The van der Waals surface area contributed by atoms with Gasteiger partial charge in [-0.2, -0.15) is 0 Å². The van der Waals surface area contributed by atoms with Crippen LogP contribution in [0.1, 0.15) is 19.8 Å². The van der Waals surface area contributed by atoms with Gasteiger partial charge in [0.25, 0.3) is 0 Å². The van der Waals surface area contributed by atoms with Gasteiger partial charge >= 0.3 is 0 Å². The molecule has 1 fully saturated rings. The van der Waals surface area contributed by atoms with Crippen LogP contribution in [-0.4, -0.2) is 34.3 Å². The predicted molar refractivity (Wildman–Crippen MR) is 63.7 cm³/mol. The van der Waals surface area contributed by atoms with Gasteiger partial charge in [-0.25, -0.2) is 9.97 Å². The molecule has 1 aliphatic rings. The number of anilines is 1. The summed E-state index contributed by atoms with van der Waals surface area (Å²) in [6.07, 6.45) is 4.77. The molecule has 0 saturated carbocycles. The lowest BCUT2D eigenvalue weighted by molar-refractivity contribution is 0.0858. The van der Waals surface area contributed by atoms with Crippen molar-refractivity contribution in [3.63, 3.8) is 0 Å². The Balaban J connectivity index is 2.14. The van der Waals surface area contributed by atoms with Crippen LogP contribution < -0.4 is 4.90 Å². The van der Waals surface area contributed by atoms with Crippen LogP contribution in [0.25, 0.3) is 0 Å². The van der Waals surface area contributed by atoms with Crippen molar-refractivity contribution in [2.45, 2.75) is 25.9 Å². The Labute approximate surface area is 100 Å². The minimum absolute atomic E-state index is 0.198. The quantitative estimate of drug-likeness (QED) is 0.857. The summed E-state index contributed by atoms with van der Waals surface area (Å²) in [6.45, 7) is 3.68. The summed E-state index contributed by atoms with van der Waals surface area (Å²) >= 11 is 6.01. The van der Waals surface area contributed by atoms with Crippen molar-refractivity contribution in [3.8, 4) is 0 Å². The molecule has 1 N–H and O–H groups in total. The molecule has 2 rings (SSSR count). The number of halogens is 1. The summed E-state index contributed by atoms with van der Waals surface area (Å²) < 4.78 is 0. The number of aliphatic hydroxyl groups is 1. The van der Waals surface area contributed by atoms with E-state index in [1.807, 2.05) is 0 Å².